The van der Waals surface area contributed by atoms with Gasteiger partial charge in [0.25, 0.3) is 5.91 Å². The zero-order valence-electron chi connectivity index (χ0n) is 16.8. The Labute approximate surface area is 164 Å². The average Bonchev–Trinajstić information content (AvgIpc) is 2.96. The second-order valence-corrected chi connectivity index (χ2v) is 6.43. The van der Waals surface area contributed by atoms with E-state index < -0.39 is 23.9 Å². The summed E-state index contributed by atoms with van der Waals surface area (Å²) in [6.07, 6.45) is -0.0994. The van der Waals surface area contributed by atoms with E-state index in [1.807, 2.05) is 19.1 Å². The van der Waals surface area contributed by atoms with Gasteiger partial charge in [0.05, 0.1) is 12.2 Å². The Kier molecular flexibility index (Phi) is 6.98. The SMILES string of the molecule is CCOC(=O)c1c(C)[nH]c(C(=O)OC(C)C(=O)Nc2ccc(CC)cc2)c1C. The molecule has 1 amide bonds. The molecule has 0 fully saturated rings. The standard InChI is InChI=1S/C21H26N2O5/c1-6-15-8-10-16(11-9-15)23-19(24)14(5)28-21(26)18-12(3)17(13(4)22-18)20(25)27-7-2/h8-11,14,22H,6-7H2,1-5H3,(H,23,24). The Morgan fingerprint density at radius 3 is 2.29 bits per heavy atom. The molecule has 0 saturated heterocycles. The largest absolute Gasteiger partial charge is 0.462 e. The molecule has 2 aromatic rings. The third-order valence-corrected chi connectivity index (χ3v) is 4.40. The van der Waals surface area contributed by atoms with Crippen molar-refractivity contribution in [1.29, 1.82) is 0 Å². The lowest BCUT2D eigenvalue weighted by Gasteiger charge is -2.13. The normalized spacial score (nSPS) is 11.6. The summed E-state index contributed by atoms with van der Waals surface area (Å²) in [6, 6.07) is 7.45. The van der Waals surface area contributed by atoms with Crippen molar-refractivity contribution in [3.05, 3.63) is 52.3 Å². The van der Waals surface area contributed by atoms with Crippen LogP contribution in [0.3, 0.4) is 0 Å². The van der Waals surface area contributed by atoms with Gasteiger partial charge in [-0.15, -0.1) is 0 Å². The highest BCUT2D eigenvalue weighted by atomic mass is 16.5. The molecule has 7 nitrogen and oxygen atoms in total. The topological polar surface area (TPSA) is 97.5 Å². The Morgan fingerprint density at radius 2 is 1.71 bits per heavy atom. The van der Waals surface area contributed by atoms with E-state index in [2.05, 4.69) is 10.3 Å². The number of hydrogen-bond donors (Lipinski definition) is 2. The van der Waals surface area contributed by atoms with Crippen molar-refractivity contribution < 1.29 is 23.9 Å². The molecule has 28 heavy (non-hydrogen) atoms. The highest BCUT2D eigenvalue weighted by molar-refractivity contribution is 6.00. The number of esters is 2. The molecule has 0 aliphatic carbocycles. The molecular weight excluding hydrogens is 360 g/mol. The molecule has 2 N–H and O–H groups in total. The summed E-state index contributed by atoms with van der Waals surface area (Å²) in [6.45, 7) is 8.79. The summed E-state index contributed by atoms with van der Waals surface area (Å²) in [5.74, 6) is -1.65. The highest BCUT2D eigenvalue weighted by Gasteiger charge is 2.26. The first-order valence-electron chi connectivity index (χ1n) is 9.25. The number of benzene rings is 1. The van der Waals surface area contributed by atoms with Crippen molar-refractivity contribution in [3.63, 3.8) is 0 Å². The molecule has 1 heterocycles. The number of rotatable bonds is 7. The Bertz CT molecular complexity index is 868. The fraction of sp³-hybridized carbons (Fsp3) is 0.381. The van der Waals surface area contributed by atoms with Crippen LogP contribution in [0.4, 0.5) is 5.69 Å². The van der Waals surface area contributed by atoms with Crippen molar-refractivity contribution in [1.82, 2.24) is 4.98 Å². The first-order valence-corrected chi connectivity index (χ1v) is 9.25. The number of amides is 1. The first kappa shape index (κ1) is 21.2. The molecule has 0 radical (unpaired) electrons. The smallest absolute Gasteiger partial charge is 0.355 e. The number of carbonyl (C=O) groups excluding carboxylic acids is 3. The van der Waals surface area contributed by atoms with Gasteiger partial charge >= 0.3 is 11.9 Å². The second-order valence-electron chi connectivity index (χ2n) is 6.43. The quantitative estimate of drug-likeness (QED) is 0.709. The van der Waals surface area contributed by atoms with Crippen molar-refractivity contribution in [2.24, 2.45) is 0 Å². The average molecular weight is 386 g/mol. The molecule has 0 saturated carbocycles. The van der Waals surface area contributed by atoms with Crippen molar-refractivity contribution in [3.8, 4) is 0 Å². The van der Waals surface area contributed by atoms with E-state index in [1.54, 1.807) is 32.9 Å². The minimum Gasteiger partial charge on any atom is -0.462 e. The van der Waals surface area contributed by atoms with Crippen LogP contribution in [0.1, 0.15) is 58.4 Å². The number of nitrogens with one attached hydrogen (secondary N) is 2. The van der Waals surface area contributed by atoms with Crippen LogP contribution in [-0.4, -0.2) is 35.5 Å². The summed E-state index contributed by atoms with van der Waals surface area (Å²) < 4.78 is 10.3. The van der Waals surface area contributed by atoms with Crippen molar-refractivity contribution in [2.45, 2.75) is 47.1 Å². The van der Waals surface area contributed by atoms with Crippen LogP contribution >= 0.6 is 0 Å². The van der Waals surface area contributed by atoms with E-state index in [-0.39, 0.29) is 12.3 Å². The van der Waals surface area contributed by atoms with Gasteiger partial charge in [-0.1, -0.05) is 19.1 Å². The summed E-state index contributed by atoms with van der Waals surface area (Å²) in [4.78, 5) is 39.7. The Morgan fingerprint density at radius 1 is 1.07 bits per heavy atom. The summed E-state index contributed by atoms with van der Waals surface area (Å²) in [5.41, 5.74) is 3.17. The number of ether oxygens (including phenoxy) is 2. The van der Waals surface area contributed by atoms with E-state index in [0.29, 0.717) is 22.5 Å². The highest BCUT2D eigenvalue weighted by Crippen LogP contribution is 2.20. The summed E-state index contributed by atoms with van der Waals surface area (Å²) in [7, 11) is 0. The van der Waals surface area contributed by atoms with Gasteiger partial charge in [-0.05, 0) is 57.4 Å². The van der Waals surface area contributed by atoms with Crippen LogP contribution in [0.15, 0.2) is 24.3 Å². The van der Waals surface area contributed by atoms with Gasteiger partial charge in [-0.25, -0.2) is 9.59 Å². The number of aromatic amines is 1. The minimum atomic E-state index is -1.01. The molecule has 1 atom stereocenters. The van der Waals surface area contributed by atoms with Crippen molar-refractivity contribution >= 4 is 23.5 Å². The van der Waals surface area contributed by atoms with Crippen LogP contribution < -0.4 is 5.32 Å². The molecular formula is C21H26N2O5. The van der Waals surface area contributed by atoms with Crippen LogP contribution in [0.2, 0.25) is 0 Å². The van der Waals surface area contributed by atoms with Gasteiger partial charge in [-0.2, -0.15) is 0 Å². The maximum absolute atomic E-state index is 12.5. The predicted molar refractivity (Wildman–Crippen MR) is 106 cm³/mol. The molecule has 1 unspecified atom stereocenters. The zero-order valence-corrected chi connectivity index (χ0v) is 16.8. The molecule has 2 rings (SSSR count). The fourth-order valence-corrected chi connectivity index (χ4v) is 2.80. The number of aromatic nitrogens is 1. The molecule has 1 aromatic heterocycles. The van der Waals surface area contributed by atoms with Crippen LogP contribution in [0.25, 0.3) is 0 Å². The molecule has 1 aromatic carbocycles. The number of anilines is 1. The van der Waals surface area contributed by atoms with Crippen LogP contribution in [0.5, 0.6) is 0 Å². The lowest BCUT2D eigenvalue weighted by molar-refractivity contribution is -0.123. The molecule has 150 valence electrons. The molecule has 0 aliphatic rings. The van der Waals surface area contributed by atoms with E-state index in [4.69, 9.17) is 9.47 Å². The van der Waals surface area contributed by atoms with E-state index in [1.165, 1.54) is 6.92 Å². The maximum Gasteiger partial charge on any atom is 0.355 e. The third-order valence-electron chi connectivity index (χ3n) is 4.40. The Hall–Kier alpha value is -3.09. The van der Waals surface area contributed by atoms with E-state index in [9.17, 15) is 14.4 Å². The fourth-order valence-electron chi connectivity index (χ4n) is 2.80. The lowest BCUT2D eigenvalue weighted by atomic mass is 10.1. The molecule has 7 heteroatoms. The van der Waals surface area contributed by atoms with Gasteiger partial charge in [0.1, 0.15) is 5.69 Å². The predicted octanol–water partition coefficient (Wildman–Crippen LogP) is 3.55. The van der Waals surface area contributed by atoms with Gasteiger partial charge in [-0.3, -0.25) is 4.79 Å². The molecule has 0 bridgehead atoms. The van der Waals surface area contributed by atoms with Crippen LogP contribution in [0, 0.1) is 13.8 Å². The number of H-pyrrole nitrogens is 1. The zero-order chi connectivity index (χ0) is 20.8. The summed E-state index contributed by atoms with van der Waals surface area (Å²) >= 11 is 0. The Balaban J connectivity index is 2.06. The molecule has 0 aliphatic heterocycles. The third kappa shape index (κ3) is 4.79. The van der Waals surface area contributed by atoms with Gasteiger partial charge < -0.3 is 19.8 Å². The number of aryl methyl sites for hydroxylation is 2. The van der Waals surface area contributed by atoms with Gasteiger partial charge in [0, 0.05) is 11.4 Å². The lowest BCUT2D eigenvalue weighted by Crippen LogP contribution is -2.30. The number of hydrogen-bond acceptors (Lipinski definition) is 5. The monoisotopic (exact) mass is 386 g/mol. The van der Waals surface area contributed by atoms with Crippen molar-refractivity contribution in [2.75, 3.05) is 11.9 Å². The van der Waals surface area contributed by atoms with Gasteiger partial charge in [0.15, 0.2) is 6.10 Å². The first-order chi connectivity index (χ1) is 13.3. The van der Waals surface area contributed by atoms with Gasteiger partial charge in [0.2, 0.25) is 0 Å². The minimum absolute atomic E-state index is 0.132. The van der Waals surface area contributed by atoms with E-state index >= 15 is 0 Å². The molecule has 0 spiro atoms. The van der Waals surface area contributed by atoms with Crippen LogP contribution in [-0.2, 0) is 20.7 Å². The number of carbonyl (C=O) groups is 3. The maximum atomic E-state index is 12.5. The second kappa shape index (κ2) is 9.21. The van der Waals surface area contributed by atoms with E-state index in [0.717, 1.165) is 12.0 Å². The summed E-state index contributed by atoms with van der Waals surface area (Å²) in [5, 5.41) is 2.72.